The summed E-state index contributed by atoms with van der Waals surface area (Å²) in [6.07, 6.45) is 0. The first-order valence-electron chi connectivity index (χ1n) is 3.34. The van der Waals surface area contributed by atoms with Crippen molar-refractivity contribution in [1.82, 2.24) is 0 Å². The zero-order valence-corrected chi connectivity index (χ0v) is 9.58. The minimum absolute atomic E-state index is 0.140. The zero-order valence-electron chi connectivity index (χ0n) is 6.55. The monoisotopic (exact) mass is 260 g/mol. The summed E-state index contributed by atoms with van der Waals surface area (Å²) in [6.45, 7) is 0.140. The Kier molecular flexibility index (Phi) is 6.92. The normalized spacial score (nSPS) is 10.2. The molecule has 1 nitrogen and oxygen atoms in total. The van der Waals surface area contributed by atoms with Crippen LogP contribution in [0.3, 0.4) is 0 Å². The van der Waals surface area contributed by atoms with Crippen LogP contribution in [0.5, 0.6) is 0 Å². The first kappa shape index (κ1) is 13.3. The van der Waals surface area contributed by atoms with Crippen molar-refractivity contribution in [2.75, 3.05) is 0 Å². The van der Waals surface area contributed by atoms with Crippen LogP contribution in [0.25, 0.3) is 0 Å². The van der Waals surface area contributed by atoms with Crippen LogP contribution in [0.1, 0.15) is 5.56 Å². The predicted octanol–water partition coefficient (Wildman–Crippen LogP) is 3.73. The number of hydrogen-bond acceptors (Lipinski definition) is 1. The zero-order chi connectivity index (χ0) is 10.3. The van der Waals surface area contributed by atoms with Crippen LogP contribution >= 0.6 is 46.4 Å². The molecule has 0 radical (unpaired) electrons. The second-order valence-electron chi connectivity index (χ2n) is 2.07. The van der Waals surface area contributed by atoms with Crippen molar-refractivity contribution in [3.05, 3.63) is 35.9 Å². The van der Waals surface area contributed by atoms with Crippen LogP contribution in [-0.2, 0) is 6.61 Å². The molecule has 0 fully saturated rings. The van der Waals surface area contributed by atoms with E-state index in [1.54, 1.807) is 0 Å². The van der Waals surface area contributed by atoms with E-state index in [4.69, 9.17) is 51.5 Å². The molecular formula is C8H8Cl4O. The molecule has 1 aromatic rings. The van der Waals surface area contributed by atoms with Crippen molar-refractivity contribution < 1.29 is 5.11 Å². The summed E-state index contributed by atoms with van der Waals surface area (Å²) in [6, 6.07) is 9.52. The number of aliphatic hydroxyl groups excluding tert-OH is 1. The van der Waals surface area contributed by atoms with Crippen LogP contribution in [-0.4, -0.2) is 8.36 Å². The lowest BCUT2D eigenvalue weighted by Crippen LogP contribution is -1.81. The van der Waals surface area contributed by atoms with Crippen LogP contribution in [0, 0.1) is 0 Å². The molecule has 0 unspecified atom stereocenters. The van der Waals surface area contributed by atoms with Crippen molar-refractivity contribution in [1.29, 1.82) is 0 Å². The number of halogens is 4. The fourth-order valence-electron chi connectivity index (χ4n) is 0.583. The molecular weight excluding hydrogens is 254 g/mol. The van der Waals surface area contributed by atoms with Gasteiger partial charge in [0, 0.05) is 0 Å². The van der Waals surface area contributed by atoms with Gasteiger partial charge in [-0.3, -0.25) is 0 Å². The second-order valence-corrected chi connectivity index (χ2v) is 5.50. The topological polar surface area (TPSA) is 20.2 Å². The molecule has 74 valence electrons. The van der Waals surface area contributed by atoms with Gasteiger partial charge in [-0.2, -0.15) is 0 Å². The van der Waals surface area contributed by atoms with Crippen molar-refractivity contribution in [2.24, 2.45) is 0 Å². The Morgan fingerprint density at radius 2 is 1.38 bits per heavy atom. The van der Waals surface area contributed by atoms with E-state index in [1.165, 1.54) is 0 Å². The van der Waals surface area contributed by atoms with E-state index in [0.717, 1.165) is 5.56 Å². The van der Waals surface area contributed by atoms with Crippen molar-refractivity contribution in [3.8, 4) is 0 Å². The highest BCUT2D eigenvalue weighted by molar-refractivity contribution is 6.83. The van der Waals surface area contributed by atoms with Gasteiger partial charge < -0.3 is 5.11 Å². The minimum Gasteiger partial charge on any atom is -0.392 e. The Labute approximate surface area is 97.2 Å². The summed E-state index contributed by atoms with van der Waals surface area (Å²) in [5.41, 5.74) is 0.965. The predicted molar refractivity (Wildman–Crippen MR) is 58.5 cm³/mol. The number of benzene rings is 1. The lowest BCUT2D eigenvalue weighted by molar-refractivity contribution is 0.282. The van der Waals surface area contributed by atoms with Gasteiger partial charge in [-0.15, -0.1) is 0 Å². The third kappa shape index (κ3) is 12.3. The molecule has 13 heavy (non-hydrogen) atoms. The Hall–Kier alpha value is 0.340. The summed E-state index contributed by atoms with van der Waals surface area (Å²) < 4.78 is -1.61. The SMILES string of the molecule is ClC(Cl)(Cl)Cl.OCc1ccccc1. The van der Waals surface area contributed by atoms with Crippen LogP contribution < -0.4 is 0 Å². The van der Waals surface area contributed by atoms with Gasteiger partial charge in [0.1, 0.15) is 0 Å². The fraction of sp³-hybridized carbons (Fsp3) is 0.250. The molecule has 1 aromatic carbocycles. The molecule has 0 aliphatic heterocycles. The molecule has 0 saturated carbocycles. The molecule has 5 heteroatoms. The Morgan fingerprint density at radius 1 is 1.00 bits per heavy atom. The second kappa shape index (κ2) is 6.74. The average molecular weight is 262 g/mol. The maximum atomic E-state index is 8.54. The first-order valence-corrected chi connectivity index (χ1v) is 4.85. The Balaban J connectivity index is 0.000000252. The van der Waals surface area contributed by atoms with Crippen LogP contribution in [0.4, 0.5) is 0 Å². The van der Waals surface area contributed by atoms with E-state index >= 15 is 0 Å². The van der Waals surface area contributed by atoms with Crippen molar-refractivity contribution in [2.45, 2.75) is 9.86 Å². The summed E-state index contributed by atoms with van der Waals surface area (Å²) in [7, 11) is 0. The molecule has 0 saturated heterocycles. The molecule has 1 rings (SSSR count). The summed E-state index contributed by atoms with van der Waals surface area (Å²) in [5, 5.41) is 8.54. The maximum absolute atomic E-state index is 8.54. The fourth-order valence-corrected chi connectivity index (χ4v) is 0.583. The van der Waals surface area contributed by atoms with E-state index in [0.29, 0.717) is 0 Å². The van der Waals surface area contributed by atoms with Gasteiger partial charge in [0.05, 0.1) is 6.61 Å². The molecule has 0 atom stereocenters. The maximum Gasteiger partial charge on any atom is 0.266 e. The highest BCUT2D eigenvalue weighted by Crippen LogP contribution is 2.29. The lowest BCUT2D eigenvalue weighted by atomic mass is 10.2. The third-order valence-electron chi connectivity index (χ3n) is 1.03. The van der Waals surface area contributed by atoms with E-state index in [-0.39, 0.29) is 6.61 Å². The van der Waals surface area contributed by atoms with E-state index < -0.39 is 3.25 Å². The van der Waals surface area contributed by atoms with Crippen molar-refractivity contribution >= 4 is 46.4 Å². The molecule has 0 heterocycles. The van der Waals surface area contributed by atoms with E-state index in [1.807, 2.05) is 30.3 Å². The minimum atomic E-state index is -1.61. The number of aliphatic hydroxyl groups is 1. The van der Waals surface area contributed by atoms with E-state index in [9.17, 15) is 0 Å². The van der Waals surface area contributed by atoms with Gasteiger partial charge in [-0.1, -0.05) is 76.7 Å². The van der Waals surface area contributed by atoms with Gasteiger partial charge in [0.25, 0.3) is 3.25 Å². The molecule has 0 aromatic heterocycles. The number of alkyl halides is 4. The quantitative estimate of drug-likeness (QED) is 0.764. The van der Waals surface area contributed by atoms with Gasteiger partial charge in [0.15, 0.2) is 0 Å². The largest absolute Gasteiger partial charge is 0.392 e. The summed E-state index contributed by atoms with van der Waals surface area (Å²) in [4.78, 5) is 0. The Morgan fingerprint density at radius 3 is 1.62 bits per heavy atom. The van der Waals surface area contributed by atoms with Crippen LogP contribution in [0.2, 0.25) is 0 Å². The molecule has 0 spiro atoms. The highest BCUT2D eigenvalue weighted by Gasteiger charge is 2.11. The lowest BCUT2D eigenvalue weighted by Gasteiger charge is -1.91. The standard InChI is InChI=1S/C7H8O.CCl4/c8-6-7-4-2-1-3-5-7;2-1(3,4)5/h1-5,8H,6H2;. The summed E-state index contributed by atoms with van der Waals surface area (Å²) >= 11 is 19.3. The molecule has 0 bridgehead atoms. The molecule has 0 aliphatic rings. The van der Waals surface area contributed by atoms with Gasteiger partial charge >= 0.3 is 0 Å². The van der Waals surface area contributed by atoms with Gasteiger partial charge in [-0.25, -0.2) is 0 Å². The van der Waals surface area contributed by atoms with Crippen molar-refractivity contribution in [3.63, 3.8) is 0 Å². The average Bonchev–Trinajstić information content (AvgIpc) is 2.03. The number of hydrogen-bond donors (Lipinski definition) is 1. The molecule has 0 amide bonds. The first-order chi connectivity index (χ1) is 5.93. The smallest absolute Gasteiger partial charge is 0.266 e. The molecule has 1 N–H and O–H groups in total. The highest BCUT2D eigenvalue weighted by atomic mass is 35.6. The van der Waals surface area contributed by atoms with Gasteiger partial charge in [-0.05, 0) is 5.56 Å². The summed E-state index contributed by atoms with van der Waals surface area (Å²) in [5.74, 6) is 0. The number of rotatable bonds is 1. The van der Waals surface area contributed by atoms with Crippen LogP contribution in [0.15, 0.2) is 30.3 Å². The Bertz CT molecular complexity index is 213. The van der Waals surface area contributed by atoms with E-state index in [2.05, 4.69) is 0 Å². The third-order valence-corrected chi connectivity index (χ3v) is 1.03. The molecule has 0 aliphatic carbocycles. The van der Waals surface area contributed by atoms with Gasteiger partial charge in [0.2, 0.25) is 0 Å².